The molecular weight excluding hydrogens is 353 g/mol. The molecule has 0 aliphatic carbocycles. The highest BCUT2D eigenvalue weighted by Crippen LogP contribution is 2.35. The van der Waals surface area contributed by atoms with Crippen LogP contribution in [0.3, 0.4) is 0 Å². The fraction of sp³-hybridized carbons (Fsp3) is 0.188. The highest BCUT2D eigenvalue weighted by Gasteiger charge is 2.34. The highest BCUT2D eigenvalue weighted by atomic mass is 35.5. The smallest absolute Gasteiger partial charge is 0.250 e. The number of hydrazone groups is 1. The van der Waals surface area contributed by atoms with Gasteiger partial charge in [0.05, 0.1) is 10.6 Å². The topological polar surface area (TPSA) is 63.9 Å². The standard InChI is InChI=1S/C16H13Cl2N3O3/c1-9(22)21-16(12-5-4-11(17)7-13(12)18)24-15(19-21)10-3-6-14(23)20(2)8-10/h3-8,16H,1-2H3/t16-/m1/s1. The lowest BCUT2D eigenvalue weighted by molar-refractivity contribution is -0.135. The van der Waals surface area contributed by atoms with E-state index in [1.165, 1.54) is 22.6 Å². The summed E-state index contributed by atoms with van der Waals surface area (Å²) in [6.45, 7) is 1.38. The number of pyridine rings is 1. The van der Waals surface area contributed by atoms with Gasteiger partial charge in [-0.25, -0.2) is 0 Å². The first-order valence-corrected chi connectivity index (χ1v) is 7.79. The number of hydrogen-bond donors (Lipinski definition) is 0. The zero-order valence-electron chi connectivity index (χ0n) is 12.9. The van der Waals surface area contributed by atoms with E-state index in [1.54, 1.807) is 37.5 Å². The Labute approximate surface area is 147 Å². The van der Waals surface area contributed by atoms with Crippen molar-refractivity contribution in [1.29, 1.82) is 0 Å². The number of nitrogens with zero attached hydrogens (tertiary/aromatic N) is 3. The number of aromatic nitrogens is 1. The number of benzene rings is 1. The van der Waals surface area contributed by atoms with E-state index < -0.39 is 6.23 Å². The lowest BCUT2D eigenvalue weighted by Gasteiger charge is -2.20. The van der Waals surface area contributed by atoms with Gasteiger partial charge in [0, 0.05) is 36.8 Å². The van der Waals surface area contributed by atoms with E-state index in [2.05, 4.69) is 5.10 Å². The molecule has 0 radical (unpaired) electrons. The molecule has 1 amide bonds. The third kappa shape index (κ3) is 3.02. The second-order valence-corrected chi connectivity index (χ2v) is 6.12. The van der Waals surface area contributed by atoms with Crippen LogP contribution in [0.1, 0.15) is 24.3 Å². The van der Waals surface area contributed by atoms with Crippen LogP contribution in [0.2, 0.25) is 10.0 Å². The lowest BCUT2D eigenvalue weighted by atomic mass is 10.2. The number of amides is 1. The van der Waals surface area contributed by atoms with E-state index in [0.717, 1.165) is 0 Å². The average Bonchev–Trinajstić information content (AvgIpc) is 2.95. The van der Waals surface area contributed by atoms with Gasteiger partial charge in [-0.15, -0.1) is 5.10 Å². The molecule has 3 rings (SSSR count). The average molecular weight is 366 g/mol. The molecule has 0 fully saturated rings. The Balaban J connectivity index is 2.00. The molecule has 0 saturated carbocycles. The van der Waals surface area contributed by atoms with Crippen molar-refractivity contribution in [2.75, 3.05) is 0 Å². The molecule has 0 bridgehead atoms. The van der Waals surface area contributed by atoms with Gasteiger partial charge in [-0.1, -0.05) is 29.3 Å². The summed E-state index contributed by atoms with van der Waals surface area (Å²) in [4.78, 5) is 23.4. The van der Waals surface area contributed by atoms with Gasteiger partial charge >= 0.3 is 0 Å². The summed E-state index contributed by atoms with van der Waals surface area (Å²) in [7, 11) is 1.62. The van der Waals surface area contributed by atoms with Gasteiger partial charge in [0.2, 0.25) is 23.6 Å². The van der Waals surface area contributed by atoms with Crippen LogP contribution in [0.15, 0.2) is 46.4 Å². The summed E-state index contributed by atoms with van der Waals surface area (Å²) in [6.07, 6.45) is 0.796. The summed E-state index contributed by atoms with van der Waals surface area (Å²) in [5.41, 5.74) is 0.994. The minimum Gasteiger partial charge on any atom is -0.446 e. The Morgan fingerprint density at radius 1 is 1.25 bits per heavy atom. The molecule has 1 aromatic carbocycles. The first-order chi connectivity index (χ1) is 11.4. The van der Waals surface area contributed by atoms with E-state index in [1.807, 2.05) is 0 Å². The molecule has 1 aromatic heterocycles. The second-order valence-electron chi connectivity index (χ2n) is 5.27. The minimum absolute atomic E-state index is 0.155. The van der Waals surface area contributed by atoms with Crippen LogP contribution in [0.25, 0.3) is 0 Å². The molecule has 24 heavy (non-hydrogen) atoms. The van der Waals surface area contributed by atoms with Gasteiger partial charge in [0.1, 0.15) is 0 Å². The van der Waals surface area contributed by atoms with Crippen molar-refractivity contribution in [1.82, 2.24) is 9.58 Å². The largest absolute Gasteiger partial charge is 0.446 e. The molecule has 1 atom stereocenters. The Hall–Kier alpha value is -2.31. The molecule has 0 saturated heterocycles. The zero-order chi connectivity index (χ0) is 17.4. The van der Waals surface area contributed by atoms with Crippen molar-refractivity contribution in [2.45, 2.75) is 13.2 Å². The molecule has 0 unspecified atom stereocenters. The van der Waals surface area contributed by atoms with Crippen LogP contribution in [-0.4, -0.2) is 21.4 Å². The van der Waals surface area contributed by atoms with Gasteiger partial charge in [0.25, 0.3) is 0 Å². The van der Waals surface area contributed by atoms with Crippen molar-refractivity contribution in [3.63, 3.8) is 0 Å². The van der Waals surface area contributed by atoms with Gasteiger partial charge < -0.3 is 9.30 Å². The van der Waals surface area contributed by atoms with Crippen LogP contribution < -0.4 is 5.56 Å². The van der Waals surface area contributed by atoms with Crippen molar-refractivity contribution in [2.24, 2.45) is 12.1 Å². The Morgan fingerprint density at radius 2 is 2.00 bits per heavy atom. The number of rotatable bonds is 2. The first-order valence-electron chi connectivity index (χ1n) is 7.04. The molecule has 1 aliphatic heterocycles. The van der Waals surface area contributed by atoms with Crippen LogP contribution >= 0.6 is 23.2 Å². The highest BCUT2D eigenvalue weighted by molar-refractivity contribution is 6.35. The summed E-state index contributed by atoms with van der Waals surface area (Å²) >= 11 is 12.1. The van der Waals surface area contributed by atoms with Crippen LogP contribution in [-0.2, 0) is 16.6 Å². The quantitative estimate of drug-likeness (QED) is 0.821. The van der Waals surface area contributed by atoms with Crippen molar-refractivity contribution in [3.05, 3.63) is 68.1 Å². The fourth-order valence-electron chi connectivity index (χ4n) is 2.31. The van der Waals surface area contributed by atoms with Crippen molar-refractivity contribution >= 4 is 35.0 Å². The lowest BCUT2D eigenvalue weighted by Crippen LogP contribution is -2.25. The summed E-state index contributed by atoms with van der Waals surface area (Å²) in [5.74, 6) is -0.0670. The van der Waals surface area contributed by atoms with Gasteiger partial charge in [-0.05, 0) is 18.2 Å². The maximum absolute atomic E-state index is 11.9. The first kappa shape index (κ1) is 16.5. The fourth-order valence-corrected chi connectivity index (χ4v) is 2.81. The van der Waals surface area contributed by atoms with Crippen molar-refractivity contribution < 1.29 is 9.53 Å². The number of aryl methyl sites for hydroxylation is 1. The molecular formula is C16H13Cl2N3O3. The summed E-state index contributed by atoms with van der Waals surface area (Å²) < 4.78 is 7.24. The summed E-state index contributed by atoms with van der Waals surface area (Å²) in [5, 5.41) is 6.28. The van der Waals surface area contributed by atoms with Crippen LogP contribution in [0.5, 0.6) is 0 Å². The number of hydrogen-bond acceptors (Lipinski definition) is 4. The van der Waals surface area contributed by atoms with E-state index in [0.29, 0.717) is 21.2 Å². The molecule has 124 valence electrons. The Morgan fingerprint density at radius 3 is 2.62 bits per heavy atom. The number of carbonyl (C=O) groups is 1. The van der Waals surface area contributed by atoms with Crippen molar-refractivity contribution in [3.8, 4) is 0 Å². The second kappa shape index (κ2) is 6.30. The van der Waals surface area contributed by atoms with Gasteiger partial charge in [-0.2, -0.15) is 5.01 Å². The predicted molar refractivity (Wildman–Crippen MR) is 91.0 cm³/mol. The van der Waals surface area contributed by atoms with Gasteiger partial charge in [0.15, 0.2) is 0 Å². The Kier molecular flexibility index (Phi) is 4.34. The third-order valence-corrected chi connectivity index (χ3v) is 4.09. The van der Waals surface area contributed by atoms with Crippen LogP contribution in [0, 0.1) is 0 Å². The van der Waals surface area contributed by atoms with E-state index >= 15 is 0 Å². The van der Waals surface area contributed by atoms with E-state index in [-0.39, 0.29) is 17.4 Å². The maximum Gasteiger partial charge on any atom is 0.250 e. The molecule has 0 spiro atoms. The van der Waals surface area contributed by atoms with Gasteiger partial charge in [-0.3, -0.25) is 9.59 Å². The SMILES string of the molecule is CC(=O)N1N=C(c2ccc(=O)n(C)c2)O[C@@H]1c1ccc(Cl)cc1Cl. The molecule has 6 nitrogen and oxygen atoms in total. The molecule has 0 N–H and O–H groups in total. The Bertz CT molecular complexity index is 908. The predicted octanol–water partition coefficient (Wildman–Crippen LogP) is 2.93. The monoisotopic (exact) mass is 365 g/mol. The van der Waals surface area contributed by atoms with E-state index in [4.69, 9.17) is 27.9 Å². The molecule has 2 aromatic rings. The van der Waals surface area contributed by atoms with Crippen LogP contribution in [0.4, 0.5) is 0 Å². The number of carbonyl (C=O) groups excluding carboxylic acids is 1. The molecule has 2 heterocycles. The summed E-state index contributed by atoms with van der Waals surface area (Å²) in [6, 6.07) is 7.91. The molecule has 8 heteroatoms. The normalized spacial score (nSPS) is 16.8. The third-order valence-electron chi connectivity index (χ3n) is 3.53. The zero-order valence-corrected chi connectivity index (χ0v) is 14.4. The minimum atomic E-state index is -0.792. The number of ether oxygens (including phenoxy) is 1. The maximum atomic E-state index is 11.9. The molecule has 1 aliphatic rings. The van der Waals surface area contributed by atoms with E-state index in [9.17, 15) is 9.59 Å². The number of halogens is 2.